The Labute approximate surface area is 123 Å². The summed E-state index contributed by atoms with van der Waals surface area (Å²) in [5.41, 5.74) is 4.38. The summed E-state index contributed by atoms with van der Waals surface area (Å²) < 4.78 is 13.1. The van der Waals surface area contributed by atoms with E-state index in [9.17, 15) is 4.39 Å². The first-order valence-electron chi connectivity index (χ1n) is 6.95. The molecule has 21 heavy (non-hydrogen) atoms. The normalized spacial score (nSPS) is 14.5. The van der Waals surface area contributed by atoms with Gasteiger partial charge in [0.25, 0.3) is 0 Å². The number of rotatable bonds is 2. The minimum atomic E-state index is -0.265. The SMILES string of the molecule is N#C/C=C(/c1ccc(F)cc1)N1CCc2ccccc2C1. The molecule has 3 rings (SSSR count). The van der Waals surface area contributed by atoms with Gasteiger partial charge in [0.2, 0.25) is 0 Å². The third-order valence-corrected chi connectivity index (χ3v) is 3.81. The lowest BCUT2D eigenvalue weighted by Crippen LogP contribution is -2.29. The fourth-order valence-electron chi connectivity index (χ4n) is 2.74. The lowest BCUT2D eigenvalue weighted by atomic mass is 9.98. The highest BCUT2D eigenvalue weighted by Gasteiger charge is 2.18. The van der Waals surface area contributed by atoms with E-state index in [0.29, 0.717) is 0 Å². The summed E-state index contributed by atoms with van der Waals surface area (Å²) in [6.07, 6.45) is 2.50. The molecule has 0 spiro atoms. The van der Waals surface area contributed by atoms with Crippen molar-refractivity contribution in [2.45, 2.75) is 13.0 Å². The highest BCUT2D eigenvalue weighted by Crippen LogP contribution is 2.27. The van der Waals surface area contributed by atoms with Crippen LogP contribution in [0.5, 0.6) is 0 Å². The molecule has 0 bridgehead atoms. The molecule has 2 aromatic rings. The number of nitrogens with zero attached hydrogens (tertiary/aromatic N) is 2. The zero-order chi connectivity index (χ0) is 14.7. The highest BCUT2D eigenvalue weighted by molar-refractivity contribution is 5.66. The summed E-state index contributed by atoms with van der Waals surface area (Å²) in [4.78, 5) is 2.18. The first kappa shape index (κ1) is 13.4. The molecule has 0 saturated carbocycles. The van der Waals surface area contributed by atoms with E-state index in [2.05, 4.69) is 29.2 Å². The first-order chi connectivity index (χ1) is 10.3. The summed E-state index contributed by atoms with van der Waals surface area (Å²) >= 11 is 0. The number of allylic oxidation sites excluding steroid dienone is 1. The van der Waals surface area contributed by atoms with Crippen LogP contribution in [0.15, 0.2) is 54.6 Å². The van der Waals surface area contributed by atoms with Crippen LogP contribution in [-0.4, -0.2) is 11.4 Å². The summed E-state index contributed by atoms with van der Waals surface area (Å²) in [5, 5.41) is 9.05. The van der Waals surface area contributed by atoms with Gasteiger partial charge >= 0.3 is 0 Å². The van der Waals surface area contributed by atoms with Gasteiger partial charge in [0.1, 0.15) is 5.82 Å². The van der Waals surface area contributed by atoms with Gasteiger partial charge in [-0.1, -0.05) is 24.3 Å². The summed E-state index contributed by atoms with van der Waals surface area (Å²) in [7, 11) is 0. The van der Waals surface area contributed by atoms with Crippen molar-refractivity contribution in [2.24, 2.45) is 0 Å². The van der Waals surface area contributed by atoms with Crippen LogP contribution in [0.4, 0.5) is 4.39 Å². The predicted molar refractivity (Wildman–Crippen MR) is 80.5 cm³/mol. The van der Waals surface area contributed by atoms with Gasteiger partial charge in [-0.05, 0) is 47.4 Å². The zero-order valence-corrected chi connectivity index (χ0v) is 11.6. The second-order valence-corrected chi connectivity index (χ2v) is 5.11. The molecule has 0 N–H and O–H groups in total. The molecule has 1 heterocycles. The Morgan fingerprint density at radius 2 is 1.81 bits per heavy atom. The second-order valence-electron chi connectivity index (χ2n) is 5.11. The van der Waals surface area contributed by atoms with Gasteiger partial charge in [-0.2, -0.15) is 5.26 Å². The largest absolute Gasteiger partial charge is 0.366 e. The quantitative estimate of drug-likeness (QED) is 0.782. The average Bonchev–Trinajstić information content (AvgIpc) is 2.53. The van der Waals surface area contributed by atoms with Crippen molar-refractivity contribution in [3.8, 4) is 6.07 Å². The average molecular weight is 278 g/mol. The van der Waals surface area contributed by atoms with Crippen LogP contribution < -0.4 is 0 Å². The standard InChI is InChI=1S/C18H15FN2/c19-17-7-5-15(6-8-17)18(9-11-20)21-12-10-14-3-1-2-4-16(14)13-21/h1-9H,10,12-13H2/b18-9-. The van der Waals surface area contributed by atoms with E-state index in [1.54, 1.807) is 18.2 Å². The Hall–Kier alpha value is -2.60. The van der Waals surface area contributed by atoms with Crippen LogP contribution in [0.1, 0.15) is 16.7 Å². The van der Waals surface area contributed by atoms with Gasteiger partial charge in [-0.3, -0.25) is 0 Å². The molecule has 1 aliphatic rings. The molecule has 0 radical (unpaired) electrons. The number of nitriles is 1. The van der Waals surface area contributed by atoms with Gasteiger partial charge in [0.15, 0.2) is 0 Å². The number of hydrogen-bond acceptors (Lipinski definition) is 2. The predicted octanol–water partition coefficient (Wildman–Crippen LogP) is 3.75. The van der Waals surface area contributed by atoms with E-state index in [4.69, 9.17) is 5.26 Å². The van der Waals surface area contributed by atoms with Crippen molar-refractivity contribution in [3.63, 3.8) is 0 Å². The van der Waals surface area contributed by atoms with Gasteiger partial charge in [0.05, 0.1) is 11.8 Å². The molecule has 104 valence electrons. The molecule has 0 atom stereocenters. The fourth-order valence-corrected chi connectivity index (χ4v) is 2.74. The minimum Gasteiger partial charge on any atom is -0.366 e. The van der Waals surface area contributed by atoms with Crippen molar-refractivity contribution in [1.29, 1.82) is 5.26 Å². The van der Waals surface area contributed by atoms with Crippen molar-refractivity contribution in [3.05, 3.63) is 77.1 Å². The van der Waals surface area contributed by atoms with Gasteiger partial charge in [-0.25, -0.2) is 4.39 Å². The number of fused-ring (bicyclic) bond motifs is 1. The van der Waals surface area contributed by atoms with E-state index in [1.807, 2.05) is 6.07 Å². The maximum Gasteiger partial charge on any atom is 0.123 e. The highest BCUT2D eigenvalue weighted by atomic mass is 19.1. The molecule has 0 saturated heterocycles. The molecular weight excluding hydrogens is 263 g/mol. The fraction of sp³-hybridized carbons (Fsp3) is 0.167. The molecule has 0 aromatic heterocycles. The summed E-state index contributed by atoms with van der Waals surface area (Å²) in [6, 6.07) is 16.8. The Kier molecular flexibility index (Phi) is 3.70. The number of benzene rings is 2. The van der Waals surface area contributed by atoms with Crippen LogP contribution in [0.25, 0.3) is 5.70 Å². The van der Waals surface area contributed by atoms with Crippen LogP contribution >= 0.6 is 0 Å². The molecule has 0 aliphatic carbocycles. The van der Waals surface area contributed by atoms with Crippen molar-refractivity contribution in [1.82, 2.24) is 4.90 Å². The number of hydrogen-bond donors (Lipinski definition) is 0. The molecule has 1 aliphatic heterocycles. The molecule has 0 fully saturated rings. The molecular formula is C18H15FN2. The van der Waals surface area contributed by atoms with Gasteiger partial charge < -0.3 is 4.90 Å². The summed E-state index contributed by atoms with van der Waals surface area (Å²) in [5.74, 6) is -0.265. The van der Waals surface area contributed by atoms with Crippen molar-refractivity contribution in [2.75, 3.05) is 6.54 Å². The van der Waals surface area contributed by atoms with E-state index in [-0.39, 0.29) is 5.82 Å². The van der Waals surface area contributed by atoms with E-state index < -0.39 is 0 Å². The maximum absolute atomic E-state index is 13.1. The minimum absolute atomic E-state index is 0.265. The Bertz CT molecular complexity index is 711. The van der Waals surface area contributed by atoms with Gasteiger partial charge in [0, 0.05) is 19.2 Å². The van der Waals surface area contributed by atoms with E-state index in [1.165, 1.54) is 23.3 Å². The van der Waals surface area contributed by atoms with Crippen LogP contribution in [0, 0.1) is 17.1 Å². The van der Waals surface area contributed by atoms with Crippen molar-refractivity contribution < 1.29 is 4.39 Å². The van der Waals surface area contributed by atoms with E-state index >= 15 is 0 Å². The van der Waals surface area contributed by atoms with Crippen LogP contribution in [0.3, 0.4) is 0 Å². The molecule has 2 aromatic carbocycles. The Balaban J connectivity index is 1.92. The third-order valence-electron chi connectivity index (χ3n) is 3.81. The Morgan fingerprint density at radius 1 is 1.10 bits per heavy atom. The lowest BCUT2D eigenvalue weighted by Gasteiger charge is -2.32. The molecule has 3 heteroatoms. The smallest absolute Gasteiger partial charge is 0.123 e. The maximum atomic E-state index is 13.1. The van der Waals surface area contributed by atoms with Crippen molar-refractivity contribution >= 4 is 5.70 Å². The number of halogens is 1. The third kappa shape index (κ3) is 2.80. The van der Waals surface area contributed by atoms with Crippen LogP contribution in [0.2, 0.25) is 0 Å². The van der Waals surface area contributed by atoms with Crippen LogP contribution in [-0.2, 0) is 13.0 Å². The van der Waals surface area contributed by atoms with E-state index in [0.717, 1.165) is 30.8 Å². The Morgan fingerprint density at radius 3 is 2.52 bits per heavy atom. The second kappa shape index (κ2) is 5.80. The summed E-state index contributed by atoms with van der Waals surface area (Å²) in [6.45, 7) is 1.64. The topological polar surface area (TPSA) is 27.0 Å². The first-order valence-corrected chi connectivity index (χ1v) is 6.95. The molecule has 0 unspecified atom stereocenters. The monoisotopic (exact) mass is 278 g/mol. The lowest BCUT2D eigenvalue weighted by molar-refractivity contribution is 0.373. The molecule has 2 nitrogen and oxygen atoms in total. The molecule has 0 amide bonds. The van der Waals surface area contributed by atoms with Gasteiger partial charge in [-0.15, -0.1) is 0 Å². The zero-order valence-electron chi connectivity index (χ0n) is 11.6.